The normalized spacial score (nSPS) is 9.00. The van der Waals surface area contributed by atoms with Crippen LogP contribution in [0, 0.1) is 0 Å². The first-order valence-electron chi connectivity index (χ1n) is 2.12. The van der Waals surface area contributed by atoms with Gasteiger partial charge >= 0.3 is 0 Å². The second kappa shape index (κ2) is 2.24. The monoisotopic (exact) mass is 143 g/mol. The average molecular weight is 143 g/mol. The third-order valence-electron chi connectivity index (χ3n) is 0.806. The molecule has 0 saturated heterocycles. The van der Waals surface area contributed by atoms with Crippen LogP contribution < -0.4 is 5.73 Å². The Labute approximate surface area is 57.1 Å². The van der Waals surface area contributed by atoms with Crippen LogP contribution in [0.25, 0.3) is 0 Å². The molecule has 0 spiro atoms. The van der Waals surface area contributed by atoms with Crippen LogP contribution in [-0.4, -0.2) is 4.99 Å². The Balaban J connectivity index is 2.93. The van der Waals surface area contributed by atoms with Crippen molar-refractivity contribution in [1.29, 1.82) is 0 Å². The summed E-state index contributed by atoms with van der Waals surface area (Å²) in [6.45, 7) is 0. The minimum atomic E-state index is 0.478. The predicted molar refractivity (Wildman–Crippen MR) is 40.2 cm³/mol. The zero-order valence-electron chi connectivity index (χ0n) is 4.13. The van der Waals surface area contributed by atoms with Crippen LogP contribution in [0.2, 0.25) is 0 Å². The van der Waals surface area contributed by atoms with Gasteiger partial charge in [-0.05, 0) is 11.4 Å². The molecule has 1 heterocycles. The fourth-order valence-corrected chi connectivity index (χ4v) is 1.26. The van der Waals surface area contributed by atoms with Crippen molar-refractivity contribution in [3.63, 3.8) is 0 Å². The molecule has 0 atom stereocenters. The maximum Gasteiger partial charge on any atom is 0.104 e. The van der Waals surface area contributed by atoms with Crippen molar-refractivity contribution in [2.75, 3.05) is 0 Å². The van der Waals surface area contributed by atoms with Crippen LogP contribution in [0.1, 0.15) is 5.56 Å². The molecule has 0 unspecified atom stereocenters. The van der Waals surface area contributed by atoms with E-state index in [0.717, 1.165) is 5.56 Å². The molecule has 2 N–H and O–H groups in total. The van der Waals surface area contributed by atoms with E-state index >= 15 is 0 Å². The van der Waals surface area contributed by atoms with Crippen LogP contribution in [-0.2, 0) is 0 Å². The lowest BCUT2D eigenvalue weighted by molar-refractivity contribution is 1.74. The van der Waals surface area contributed by atoms with Gasteiger partial charge in [0.05, 0.1) is 0 Å². The molecule has 0 aliphatic rings. The van der Waals surface area contributed by atoms with Crippen molar-refractivity contribution in [1.82, 2.24) is 0 Å². The summed E-state index contributed by atoms with van der Waals surface area (Å²) in [5, 5.41) is 3.89. The first kappa shape index (κ1) is 5.72. The first-order valence-corrected chi connectivity index (χ1v) is 3.48. The van der Waals surface area contributed by atoms with E-state index in [1.165, 1.54) is 0 Å². The number of hydrogen-bond acceptors (Lipinski definition) is 2. The summed E-state index contributed by atoms with van der Waals surface area (Å²) < 4.78 is 0. The number of thiocarbonyl (C=S) groups is 1. The zero-order chi connectivity index (χ0) is 5.98. The van der Waals surface area contributed by atoms with E-state index in [2.05, 4.69) is 0 Å². The van der Waals surface area contributed by atoms with Gasteiger partial charge in [-0.3, -0.25) is 0 Å². The smallest absolute Gasteiger partial charge is 0.104 e. The van der Waals surface area contributed by atoms with Gasteiger partial charge in [0.2, 0.25) is 0 Å². The summed E-state index contributed by atoms with van der Waals surface area (Å²) in [5.74, 6) is 0. The van der Waals surface area contributed by atoms with Crippen molar-refractivity contribution in [2.24, 2.45) is 5.73 Å². The van der Waals surface area contributed by atoms with E-state index in [4.69, 9.17) is 18.0 Å². The van der Waals surface area contributed by atoms with Gasteiger partial charge in [-0.15, -0.1) is 0 Å². The van der Waals surface area contributed by atoms with E-state index in [1.807, 2.05) is 16.8 Å². The first-order chi connectivity index (χ1) is 3.80. The van der Waals surface area contributed by atoms with Gasteiger partial charge in [-0.25, -0.2) is 0 Å². The Morgan fingerprint density at radius 3 is 2.75 bits per heavy atom. The zero-order valence-corrected chi connectivity index (χ0v) is 5.76. The molecule has 1 aromatic rings. The molecule has 42 valence electrons. The predicted octanol–water partition coefficient (Wildman–Crippen LogP) is 1.38. The Kier molecular flexibility index (Phi) is 1.60. The molecule has 8 heavy (non-hydrogen) atoms. The fourth-order valence-electron chi connectivity index (χ4n) is 0.405. The Morgan fingerprint density at radius 2 is 2.50 bits per heavy atom. The lowest BCUT2D eigenvalue weighted by Crippen LogP contribution is -2.07. The number of nitrogens with two attached hydrogens (primary N) is 1. The average Bonchev–Trinajstić information content (AvgIpc) is 2.12. The van der Waals surface area contributed by atoms with Crippen molar-refractivity contribution in [2.45, 2.75) is 0 Å². The fraction of sp³-hybridized carbons (Fsp3) is 0. The lowest BCUT2D eigenvalue weighted by Gasteiger charge is -1.85. The molecule has 1 rings (SSSR count). The summed E-state index contributed by atoms with van der Waals surface area (Å²) in [4.78, 5) is 0.478. The highest BCUT2D eigenvalue weighted by molar-refractivity contribution is 7.80. The van der Waals surface area contributed by atoms with Gasteiger partial charge in [0.25, 0.3) is 0 Å². The molecule has 0 aliphatic carbocycles. The van der Waals surface area contributed by atoms with Crippen LogP contribution in [0.3, 0.4) is 0 Å². The SMILES string of the molecule is NC(=S)c1ccsc1. The van der Waals surface area contributed by atoms with Crippen LogP contribution >= 0.6 is 23.6 Å². The molecular weight excluding hydrogens is 138 g/mol. The minimum Gasteiger partial charge on any atom is -0.389 e. The summed E-state index contributed by atoms with van der Waals surface area (Å²) in [6.07, 6.45) is 0. The summed E-state index contributed by atoms with van der Waals surface area (Å²) in [7, 11) is 0. The third-order valence-corrected chi connectivity index (χ3v) is 1.72. The van der Waals surface area contributed by atoms with E-state index in [-0.39, 0.29) is 0 Å². The Bertz CT molecular complexity index is 178. The Morgan fingerprint density at radius 1 is 1.75 bits per heavy atom. The summed E-state index contributed by atoms with van der Waals surface area (Å²) in [5.41, 5.74) is 6.26. The topological polar surface area (TPSA) is 26.0 Å². The van der Waals surface area contributed by atoms with E-state index in [9.17, 15) is 0 Å². The molecule has 0 aromatic carbocycles. The number of hydrogen-bond donors (Lipinski definition) is 1. The van der Waals surface area contributed by atoms with Crippen LogP contribution in [0.15, 0.2) is 16.8 Å². The molecular formula is C5H5NS2. The second-order valence-corrected chi connectivity index (χ2v) is 2.60. The quantitative estimate of drug-likeness (QED) is 0.601. The van der Waals surface area contributed by atoms with Gasteiger partial charge < -0.3 is 5.73 Å². The highest BCUT2D eigenvalue weighted by Crippen LogP contribution is 2.04. The van der Waals surface area contributed by atoms with Crippen molar-refractivity contribution < 1.29 is 0 Å². The second-order valence-electron chi connectivity index (χ2n) is 1.38. The highest BCUT2D eigenvalue weighted by atomic mass is 32.1. The van der Waals surface area contributed by atoms with E-state index in [0.29, 0.717) is 4.99 Å². The van der Waals surface area contributed by atoms with Gasteiger partial charge in [-0.1, -0.05) is 12.2 Å². The molecule has 3 heteroatoms. The van der Waals surface area contributed by atoms with Crippen molar-refractivity contribution in [3.8, 4) is 0 Å². The number of thiophene rings is 1. The molecule has 0 bridgehead atoms. The maximum atomic E-state index is 5.30. The molecule has 0 fully saturated rings. The summed E-state index contributed by atoms with van der Waals surface area (Å²) in [6, 6.07) is 1.91. The molecule has 1 nitrogen and oxygen atoms in total. The van der Waals surface area contributed by atoms with Gasteiger partial charge in [0, 0.05) is 10.9 Å². The Hall–Kier alpha value is -0.410. The standard InChI is InChI=1S/C5H5NS2/c6-5(7)4-1-2-8-3-4/h1-3H,(H2,6,7). The van der Waals surface area contributed by atoms with Crippen molar-refractivity contribution in [3.05, 3.63) is 22.4 Å². The van der Waals surface area contributed by atoms with Crippen molar-refractivity contribution >= 4 is 28.5 Å². The summed E-state index contributed by atoms with van der Waals surface area (Å²) >= 11 is 6.30. The molecule has 0 saturated carbocycles. The van der Waals surface area contributed by atoms with Crippen LogP contribution in [0.4, 0.5) is 0 Å². The van der Waals surface area contributed by atoms with Gasteiger partial charge in [-0.2, -0.15) is 11.3 Å². The van der Waals surface area contributed by atoms with E-state index in [1.54, 1.807) is 11.3 Å². The minimum absolute atomic E-state index is 0.478. The molecule has 0 amide bonds. The molecule has 0 radical (unpaired) electrons. The molecule has 0 aliphatic heterocycles. The maximum absolute atomic E-state index is 5.30. The number of rotatable bonds is 1. The largest absolute Gasteiger partial charge is 0.389 e. The molecule has 1 aromatic heterocycles. The van der Waals surface area contributed by atoms with E-state index < -0.39 is 0 Å². The highest BCUT2D eigenvalue weighted by Gasteiger charge is 1.91. The van der Waals surface area contributed by atoms with Gasteiger partial charge in [0.1, 0.15) is 4.99 Å². The third kappa shape index (κ3) is 1.05. The van der Waals surface area contributed by atoms with Crippen LogP contribution in [0.5, 0.6) is 0 Å². The van der Waals surface area contributed by atoms with Gasteiger partial charge in [0.15, 0.2) is 0 Å². The lowest BCUT2D eigenvalue weighted by atomic mass is 10.3.